The van der Waals surface area contributed by atoms with E-state index in [4.69, 9.17) is 4.74 Å². The van der Waals surface area contributed by atoms with Crippen LogP contribution in [-0.2, 0) is 4.79 Å². The van der Waals surface area contributed by atoms with Gasteiger partial charge in [-0.1, -0.05) is 24.3 Å². The smallest absolute Gasteiger partial charge is 0.331 e. The minimum Gasteiger partial charge on any atom is -0.423 e. The molecule has 4 heteroatoms. The van der Waals surface area contributed by atoms with E-state index in [1.54, 1.807) is 0 Å². The van der Waals surface area contributed by atoms with Gasteiger partial charge in [0.1, 0.15) is 6.54 Å². The highest BCUT2D eigenvalue weighted by molar-refractivity contribution is 7.27. The maximum Gasteiger partial charge on any atom is 0.331 e. The van der Waals surface area contributed by atoms with Crippen LogP contribution in [0.4, 0.5) is 11.4 Å². The largest absolute Gasteiger partial charge is 0.423 e. The van der Waals surface area contributed by atoms with E-state index in [1.807, 2.05) is 53.4 Å². The van der Waals surface area contributed by atoms with E-state index >= 15 is 0 Å². The predicted molar refractivity (Wildman–Crippen MR) is 74.9 cm³/mol. The number of carbonyl (C=O) groups excluding carboxylic acids is 1. The lowest BCUT2D eigenvalue weighted by Gasteiger charge is -2.29. The zero-order valence-corrected chi connectivity index (χ0v) is 10.8. The average Bonchev–Trinajstić information content (AvgIpc) is 2.38. The summed E-state index contributed by atoms with van der Waals surface area (Å²) in [6, 6.07) is 15.6. The molecule has 0 radical (unpaired) electrons. The number of hydrogen-bond donors (Lipinski definition) is 0. The monoisotopic (exact) mass is 257 g/mol. The molecule has 0 N–H and O–H groups in total. The fourth-order valence-corrected chi connectivity index (χ4v) is 2.21. The molecule has 0 aromatic heterocycles. The third-order valence-electron chi connectivity index (χ3n) is 2.87. The summed E-state index contributed by atoms with van der Waals surface area (Å²) in [6.07, 6.45) is 0. The molecule has 0 saturated heterocycles. The molecule has 90 valence electrons. The SMILES string of the molecule is O=C1CN(c2ccc(P)cc2)c2ccccc2O1. The van der Waals surface area contributed by atoms with E-state index in [0.29, 0.717) is 5.75 Å². The van der Waals surface area contributed by atoms with Gasteiger partial charge in [-0.3, -0.25) is 0 Å². The van der Waals surface area contributed by atoms with Crippen molar-refractivity contribution < 1.29 is 9.53 Å². The maximum absolute atomic E-state index is 11.6. The van der Waals surface area contributed by atoms with E-state index in [9.17, 15) is 4.79 Å². The molecule has 0 saturated carbocycles. The van der Waals surface area contributed by atoms with Crippen LogP contribution >= 0.6 is 9.24 Å². The number of esters is 1. The molecule has 2 aromatic rings. The predicted octanol–water partition coefficient (Wildman–Crippen LogP) is 2.24. The van der Waals surface area contributed by atoms with Crippen molar-refractivity contribution in [3.05, 3.63) is 48.5 Å². The van der Waals surface area contributed by atoms with Crippen molar-refractivity contribution in [1.82, 2.24) is 0 Å². The topological polar surface area (TPSA) is 29.5 Å². The summed E-state index contributed by atoms with van der Waals surface area (Å²) in [5, 5.41) is 1.12. The highest BCUT2D eigenvalue weighted by atomic mass is 31.0. The van der Waals surface area contributed by atoms with Crippen LogP contribution in [0.25, 0.3) is 0 Å². The van der Waals surface area contributed by atoms with Crippen molar-refractivity contribution in [2.24, 2.45) is 0 Å². The Hall–Kier alpha value is -1.86. The summed E-state index contributed by atoms with van der Waals surface area (Å²) >= 11 is 0. The highest BCUT2D eigenvalue weighted by Crippen LogP contribution is 2.36. The summed E-state index contributed by atoms with van der Waals surface area (Å²) in [7, 11) is 2.65. The molecule has 2 aromatic carbocycles. The van der Waals surface area contributed by atoms with Gasteiger partial charge in [0, 0.05) is 5.69 Å². The third kappa shape index (κ3) is 1.98. The molecule has 3 rings (SSSR count). The molecule has 0 amide bonds. The highest BCUT2D eigenvalue weighted by Gasteiger charge is 2.24. The summed E-state index contributed by atoms with van der Waals surface area (Å²) in [6.45, 7) is 0.243. The van der Waals surface area contributed by atoms with Gasteiger partial charge in [-0.2, -0.15) is 0 Å². The van der Waals surface area contributed by atoms with E-state index in [1.165, 1.54) is 0 Å². The summed E-state index contributed by atoms with van der Waals surface area (Å²) in [5.41, 5.74) is 1.92. The Kier molecular flexibility index (Phi) is 2.77. The van der Waals surface area contributed by atoms with Crippen molar-refractivity contribution >= 4 is 31.9 Å². The van der Waals surface area contributed by atoms with E-state index in [-0.39, 0.29) is 12.5 Å². The van der Waals surface area contributed by atoms with Crippen LogP contribution in [0.2, 0.25) is 0 Å². The molecule has 1 atom stereocenters. The lowest BCUT2D eigenvalue weighted by molar-refractivity contribution is -0.133. The minimum absolute atomic E-state index is 0.233. The van der Waals surface area contributed by atoms with Gasteiger partial charge in [0.15, 0.2) is 5.75 Å². The van der Waals surface area contributed by atoms with Crippen molar-refractivity contribution in [3.63, 3.8) is 0 Å². The summed E-state index contributed by atoms with van der Waals surface area (Å²) in [5.74, 6) is 0.382. The van der Waals surface area contributed by atoms with Gasteiger partial charge in [-0.05, 0) is 29.6 Å². The van der Waals surface area contributed by atoms with Gasteiger partial charge >= 0.3 is 5.97 Å². The van der Waals surface area contributed by atoms with Gasteiger partial charge in [0.25, 0.3) is 0 Å². The average molecular weight is 257 g/mol. The number of nitrogens with zero attached hydrogens (tertiary/aromatic N) is 1. The third-order valence-corrected chi connectivity index (χ3v) is 3.26. The first-order valence-corrected chi connectivity index (χ1v) is 6.24. The zero-order chi connectivity index (χ0) is 12.5. The second-order valence-corrected chi connectivity index (χ2v) is 4.79. The Morgan fingerprint density at radius 2 is 1.78 bits per heavy atom. The van der Waals surface area contributed by atoms with Crippen LogP contribution in [0, 0.1) is 0 Å². The molecule has 1 aliphatic rings. The van der Waals surface area contributed by atoms with Crippen LogP contribution in [0.15, 0.2) is 48.5 Å². The molecule has 0 aliphatic carbocycles. The summed E-state index contributed by atoms with van der Waals surface area (Å²) in [4.78, 5) is 13.6. The molecular formula is C14H12NO2P. The van der Waals surface area contributed by atoms with Gasteiger partial charge in [-0.15, -0.1) is 9.24 Å². The van der Waals surface area contributed by atoms with Crippen molar-refractivity contribution in [2.75, 3.05) is 11.4 Å². The van der Waals surface area contributed by atoms with E-state index < -0.39 is 0 Å². The number of fused-ring (bicyclic) bond motifs is 1. The molecule has 3 nitrogen and oxygen atoms in total. The second kappa shape index (κ2) is 4.43. The number of benzene rings is 2. The lowest BCUT2D eigenvalue weighted by atomic mass is 10.2. The van der Waals surface area contributed by atoms with Crippen LogP contribution < -0.4 is 14.9 Å². The first-order chi connectivity index (χ1) is 8.74. The van der Waals surface area contributed by atoms with E-state index in [2.05, 4.69) is 9.24 Å². The number of para-hydroxylation sites is 2. The number of anilines is 2. The first-order valence-electron chi connectivity index (χ1n) is 5.67. The molecule has 18 heavy (non-hydrogen) atoms. The molecule has 1 aliphatic heterocycles. The minimum atomic E-state index is -0.233. The summed E-state index contributed by atoms with van der Waals surface area (Å²) < 4.78 is 5.22. The lowest BCUT2D eigenvalue weighted by Crippen LogP contribution is -2.33. The number of hydrogen-bond acceptors (Lipinski definition) is 3. The normalized spacial score (nSPS) is 14.1. The quantitative estimate of drug-likeness (QED) is 0.446. The number of ether oxygens (including phenoxy) is 1. The number of carbonyl (C=O) groups is 1. The Morgan fingerprint density at radius 1 is 1.06 bits per heavy atom. The van der Waals surface area contributed by atoms with Crippen LogP contribution in [0.1, 0.15) is 0 Å². The standard InChI is InChI=1S/C14H12NO2P/c16-14-9-15(10-5-7-11(18)8-6-10)12-3-1-2-4-13(12)17-14/h1-8H,9,18H2. The van der Waals surface area contributed by atoms with Crippen molar-refractivity contribution in [2.45, 2.75) is 0 Å². The zero-order valence-electron chi connectivity index (χ0n) is 9.67. The van der Waals surface area contributed by atoms with Crippen molar-refractivity contribution in [1.29, 1.82) is 0 Å². The Labute approximate surface area is 108 Å². The van der Waals surface area contributed by atoms with Crippen LogP contribution in [-0.4, -0.2) is 12.5 Å². The molecule has 0 fully saturated rings. The fraction of sp³-hybridized carbons (Fsp3) is 0.0714. The molecule has 1 unspecified atom stereocenters. The Morgan fingerprint density at radius 3 is 2.56 bits per heavy atom. The molecule has 0 spiro atoms. The Balaban J connectivity index is 2.07. The number of rotatable bonds is 1. The van der Waals surface area contributed by atoms with Gasteiger partial charge in [0.2, 0.25) is 0 Å². The van der Waals surface area contributed by atoms with Gasteiger partial charge in [0.05, 0.1) is 5.69 Å². The first kappa shape index (κ1) is 11.2. The van der Waals surface area contributed by atoms with Gasteiger partial charge < -0.3 is 9.64 Å². The molecular weight excluding hydrogens is 245 g/mol. The van der Waals surface area contributed by atoms with Crippen LogP contribution in [0.5, 0.6) is 5.75 Å². The maximum atomic E-state index is 11.6. The molecule has 0 bridgehead atoms. The Bertz CT molecular complexity index is 595. The van der Waals surface area contributed by atoms with E-state index in [0.717, 1.165) is 16.7 Å². The van der Waals surface area contributed by atoms with Gasteiger partial charge in [-0.25, -0.2) is 4.79 Å². The van der Waals surface area contributed by atoms with Crippen molar-refractivity contribution in [3.8, 4) is 5.75 Å². The fourth-order valence-electron chi connectivity index (χ4n) is 2.02. The van der Waals surface area contributed by atoms with Crippen LogP contribution in [0.3, 0.4) is 0 Å². The second-order valence-electron chi connectivity index (χ2n) is 4.12. The molecule has 1 heterocycles.